The average molecular weight is 339 g/mol. The molecule has 0 spiro atoms. The number of urea groups is 1. The van der Waals surface area contributed by atoms with E-state index in [1.807, 2.05) is 4.90 Å². The number of hydrogen-bond acceptors (Lipinski definition) is 3. The van der Waals surface area contributed by atoms with Crippen LogP contribution in [-0.2, 0) is 9.59 Å². The monoisotopic (exact) mass is 339 g/mol. The van der Waals surface area contributed by atoms with Crippen molar-refractivity contribution in [3.63, 3.8) is 0 Å². The molecule has 1 heterocycles. The molecule has 136 valence electrons. The maximum absolute atomic E-state index is 12.3. The number of rotatable bonds is 7. The lowest BCUT2D eigenvalue weighted by Crippen LogP contribution is -2.53. The molecule has 0 unspecified atom stereocenters. The SMILES string of the molecule is O=C(O)CCCNC(=O)N1CCN(C(=O)CCC2CCCC2)CC1. The molecule has 3 amide bonds. The number of nitrogens with zero attached hydrogens (tertiary/aromatic N) is 2. The van der Waals surface area contributed by atoms with Crippen LogP contribution in [0.3, 0.4) is 0 Å². The van der Waals surface area contributed by atoms with Gasteiger partial charge in [0.25, 0.3) is 0 Å². The normalized spacial score (nSPS) is 18.7. The van der Waals surface area contributed by atoms with Gasteiger partial charge in [-0.2, -0.15) is 0 Å². The van der Waals surface area contributed by atoms with Gasteiger partial charge in [-0.15, -0.1) is 0 Å². The third-order valence-corrected chi connectivity index (χ3v) is 5.00. The predicted octanol–water partition coefficient (Wildman–Crippen LogP) is 1.68. The number of aliphatic carboxylic acids is 1. The number of piperazine rings is 1. The van der Waals surface area contributed by atoms with Gasteiger partial charge in [-0.05, 0) is 18.8 Å². The third-order valence-electron chi connectivity index (χ3n) is 5.00. The van der Waals surface area contributed by atoms with E-state index in [1.165, 1.54) is 25.7 Å². The Kier molecular flexibility index (Phi) is 7.34. The molecule has 0 aromatic heterocycles. The lowest BCUT2D eigenvalue weighted by molar-refractivity contribution is -0.137. The van der Waals surface area contributed by atoms with Crippen LogP contribution >= 0.6 is 0 Å². The molecule has 1 aliphatic carbocycles. The molecule has 0 aromatic carbocycles. The Labute approximate surface area is 143 Å². The first-order chi connectivity index (χ1) is 11.6. The van der Waals surface area contributed by atoms with Crippen molar-refractivity contribution in [2.45, 2.75) is 51.4 Å². The van der Waals surface area contributed by atoms with Crippen molar-refractivity contribution >= 4 is 17.9 Å². The van der Waals surface area contributed by atoms with Crippen molar-refractivity contribution in [3.05, 3.63) is 0 Å². The van der Waals surface area contributed by atoms with Crippen molar-refractivity contribution in [2.75, 3.05) is 32.7 Å². The fraction of sp³-hybridized carbons (Fsp3) is 0.824. The van der Waals surface area contributed by atoms with E-state index in [4.69, 9.17) is 5.11 Å². The summed E-state index contributed by atoms with van der Waals surface area (Å²) < 4.78 is 0. The van der Waals surface area contributed by atoms with Crippen molar-refractivity contribution < 1.29 is 19.5 Å². The van der Waals surface area contributed by atoms with Crippen molar-refractivity contribution in [1.82, 2.24) is 15.1 Å². The maximum Gasteiger partial charge on any atom is 0.317 e. The van der Waals surface area contributed by atoms with E-state index in [1.54, 1.807) is 4.90 Å². The lowest BCUT2D eigenvalue weighted by atomic mass is 10.0. The van der Waals surface area contributed by atoms with Crippen LogP contribution in [-0.4, -0.2) is 65.5 Å². The first-order valence-electron chi connectivity index (χ1n) is 9.08. The van der Waals surface area contributed by atoms with Crippen LogP contribution in [0.1, 0.15) is 51.4 Å². The van der Waals surface area contributed by atoms with E-state index in [9.17, 15) is 14.4 Å². The van der Waals surface area contributed by atoms with Crippen LogP contribution in [0, 0.1) is 5.92 Å². The molecule has 0 aromatic rings. The maximum atomic E-state index is 12.3. The number of carbonyl (C=O) groups is 3. The second-order valence-electron chi connectivity index (χ2n) is 6.79. The second kappa shape index (κ2) is 9.49. The third kappa shape index (κ3) is 6.02. The van der Waals surface area contributed by atoms with Gasteiger partial charge in [0.1, 0.15) is 0 Å². The van der Waals surface area contributed by atoms with Gasteiger partial charge in [-0.1, -0.05) is 25.7 Å². The molecule has 2 aliphatic rings. The molecule has 1 saturated carbocycles. The Hall–Kier alpha value is -1.79. The Morgan fingerprint density at radius 1 is 0.958 bits per heavy atom. The largest absolute Gasteiger partial charge is 0.481 e. The molecule has 0 radical (unpaired) electrons. The number of carboxylic acids is 1. The van der Waals surface area contributed by atoms with E-state index in [2.05, 4.69) is 5.32 Å². The minimum atomic E-state index is -0.853. The summed E-state index contributed by atoms with van der Waals surface area (Å²) in [6.07, 6.45) is 7.27. The fourth-order valence-electron chi connectivity index (χ4n) is 3.49. The summed E-state index contributed by atoms with van der Waals surface area (Å²) in [4.78, 5) is 38.2. The zero-order chi connectivity index (χ0) is 17.4. The summed E-state index contributed by atoms with van der Waals surface area (Å²) in [7, 11) is 0. The molecule has 2 fully saturated rings. The predicted molar refractivity (Wildman–Crippen MR) is 89.6 cm³/mol. The Morgan fingerprint density at radius 2 is 1.58 bits per heavy atom. The zero-order valence-corrected chi connectivity index (χ0v) is 14.3. The van der Waals surface area contributed by atoms with E-state index in [0.29, 0.717) is 45.6 Å². The first kappa shape index (κ1) is 18.5. The van der Waals surface area contributed by atoms with E-state index < -0.39 is 5.97 Å². The summed E-state index contributed by atoms with van der Waals surface area (Å²) in [6, 6.07) is -0.168. The van der Waals surface area contributed by atoms with Crippen LogP contribution < -0.4 is 5.32 Å². The number of nitrogens with one attached hydrogen (secondary N) is 1. The minimum absolute atomic E-state index is 0.0591. The lowest BCUT2D eigenvalue weighted by Gasteiger charge is -2.35. The molecule has 7 heteroatoms. The quantitative estimate of drug-likeness (QED) is 0.691. The van der Waals surface area contributed by atoms with Crippen molar-refractivity contribution in [3.8, 4) is 0 Å². The molecular weight excluding hydrogens is 310 g/mol. The Bertz CT molecular complexity index is 441. The van der Waals surface area contributed by atoms with Crippen molar-refractivity contribution in [1.29, 1.82) is 0 Å². The van der Waals surface area contributed by atoms with Gasteiger partial charge in [0.15, 0.2) is 0 Å². The van der Waals surface area contributed by atoms with Gasteiger partial charge >= 0.3 is 12.0 Å². The molecular formula is C17H29N3O4. The number of hydrogen-bond donors (Lipinski definition) is 2. The highest BCUT2D eigenvalue weighted by molar-refractivity contribution is 5.77. The minimum Gasteiger partial charge on any atom is -0.481 e. The van der Waals surface area contributed by atoms with Crippen LogP contribution in [0.5, 0.6) is 0 Å². The molecule has 1 aliphatic heterocycles. The van der Waals surface area contributed by atoms with Gasteiger partial charge in [0.2, 0.25) is 5.91 Å². The molecule has 0 atom stereocenters. The van der Waals surface area contributed by atoms with Crippen LogP contribution in [0.25, 0.3) is 0 Å². The molecule has 2 rings (SSSR count). The van der Waals surface area contributed by atoms with E-state index in [-0.39, 0.29) is 18.4 Å². The average Bonchev–Trinajstić information content (AvgIpc) is 3.10. The molecule has 0 bridgehead atoms. The van der Waals surface area contributed by atoms with Gasteiger partial charge < -0.3 is 20.2 Å². The topological polar surface area (TPSA) is 89.9 Å². The number of carboxylic acid groups (broad SMARTS) is 1. The van der Waals surface area contributed by atoms with Crippen LogP contribution in [0.4, 0.5) is 4.79 Å². The summed E-state index contributed by atoms with van der Waals surface area (Å²) in [5.41, 5.74) is 0. The molecule has 1 saturated heterocycles. The van der Waals surface area contributed by atoms with E-state index in [0.717, 1.165) is 12.3 Å². The van der Waals surface area contributed by atoms with Crippen LogP contribution in [0.15, 0.2) is 0 Å². The highest BCUT2D eigenvalue weighted by Gasteiger charge is 2.24. The Morgan fingerprint density at radius 3 is 2.21 bits per heavy atom. The number of carbonyl (C=O) groups excluding carboxylic acids is 2. The molecule has 24 heavy (non-hydrogen) atoms. The molecule has 2 N–H and O–H groups in total. The second-order valence-corrected chi connectivity index (χ2v) is 6.79. The van der Waals surface area contributed by atoms with Gasteiger partial charge in [0, 0.05) is 45.6 Å². The first-order valence-corrected chi connectivity index (χ1v) is 9.08. The van der Waals surface area contributed by atoms with Gasteiger partial charge in [0.05, 0.1) is 0 Å². The zero-order valence-electron chi connectivity index (χ0n) is 14.3. The smallest absolute Gasteiger partial charge is 0.317 e. The highest BCUT2D eigenvalue weighted by Crippen LogP contribution is 2.28. The number of amides is 3. The summed E-state index contributed by atoms with van der Waals surface area (Å²) >= 11 is 0. The van der Waals surface area contributed by atoms with Gasteiger partial charge in [-0.3, -0.25) is 9.59 Å². The summed E-state index contributed by atoms with van der Waals surface area (Å²) in [5.74, 6) is 0.0872. The van der Waals surface area contributed by atoms with Gasteiger partial charge in [-0.25, -0.2) is 4.79 Å². The Balaban J connectivity index is 1.60. The van der Waals surface area contributed by atoms with Crippen LogP contribution in [0.2, 0.25) is 0 Å². The molecule has 7 nitrogen and oxygen atoms in total. The standard InChI is InChI=1S/C17H29N3O4/c21-15(8-7-14-4-1-2-5-14)19-10-12-20(13-11-19)17(24)18-9-3-6-16(22)23/h14H,1-13H2,(H,18,24)(H,22,23). The highest BCUT2D eigenvalue weighted by atomic mass is 16.4. The van der Waals surface area contributed by atoms with E-state index >= 15 is 0 Å². The summed E-state index contributed by atoms with van der Waals surface area (Å²) in [5, 5.41) is 11.3. The summed E-state index contributed by atoms with van der Waals surface area (Å²) in [6.45, 7) is 2.63. The fourth-order valence-corrected chi connectivity index (χ4v) is 3.49. The van der Waals surface area contributed by atoms with Crippen molar-refractivity contribution in [2.24, 2.45) is 5.92 Å².